The standard InChI is InChI=1S/C7H9NO/c1-2-4-8-7-3-5-9-6-7/h2-3,5-6,8H,1,4H2. The van der Waals surface area contributed by atoms with Gasteiger partial charge in [-0.05, 0) is 6.07 Å². The lowest BCUT2D eigenvalue weighted by Gasteiger charge is -1.93. The average molecular weight is 123 g/mol. The van der Waals surface area contributed by atoms with Crippen molar-refractivity contribution >= 4 is 5.69 Å². The molecule has 0 saturated heterocycles. The number of nitrogens with one attached hydrogen (secondary N) is 1. The second-order valence-corrected chi connectivity index (χ2v) is 1.68. The molecule has 2 heteroatoms. The molecule has 1 rings (SSSR count). The molecule has 0 spiro atoms. The van der Waals surface area contributed by atoms with E-state index in [2.05, 4.69) is 11.9 Å². The summed E-state index contributed by atoms with van der Waals surface area (Å²) in [4.78, 5) is 0. The highest BCUT2D eigenvalue weighted by Crippen LogP contribution is 2.04. The molecule has 0 aromatic carbocycles. The van der Waals surface area contributed by atoms with Crippen LogP contribution in [0.1, 0.15) is 0 Å². The third kappa shape index (κ3) is 1.64. The molecule has 9 heavy (non-hydrogen) atoms. The predicted molar refractivity (Wildman–Crippen MR) is 37.4 cm³/mol. The molecule has 1 N–H and O–H groups in total. The van der Waals surface area contributed by atoms with Crippen LogP contribution in [-0.2, 0) is 0 Å². The molecule has 1 aromatic rings. The van der Waals surface area contributed by atoms with E-state index in [0.29, 0.717) is 0 Å². The average Bonchev–Trinajstić information content (AvgIpc) is 2.34. The summed E-state index contributed by atoms with van der Waals surface area (Å²) >= 11 is 0. The normalized spacial score (nSPS) is 8.89. The van der Waals surface area contributed by atoms with Crippen molar-refractivity contribution in [3.63, 3.8) is 0 Å². The Labute approximate surface area is 54.2 Å². The molecule has 48 valence electrons. The first-order valence-electron chi connectivity index (χ1n) is 2.80. The fourth-order valence-electron chi connectivity index (χ4n) is 0.555. The Hall–Kier alpha value is -1.18. The fourth-order valence-corrected chi connectivity index (χ4v) is 0.555. The third-order valence-electron chi connectivity index (χ3n) is 0.972. The highest BCUT2D eigenvalue weighted by atomic mass is 16.3. The molecule has 0 radical (unpaired) electrons. The van der Waals surface area contributed by atoms with Crippen molar-refractivity contribution in [1.29, 1.82) is 0 Å². The number of furan rings is 1. The minimum Gasteiger partial charge on any atom is -0.470 e. The second-order valence-electron chi connectivity index (χ2n) is 1.68. The summed E-state index contributed by atoms with van der Waals surface area (Å²) in [6.07, 6.45) is 5.09. The summed E-state index contributed by atoms with van der Waals surface area (Å²) < 4.78 is 4.81. The van der Waals surface area contributed by atoms with Gasteiger partial charge in [0.25, 0.3) is 0 Å². The van der Waals surface area contributed by atoms with E-state index in [4.69, 9.17) is 4.42 Å². The van der Waals surface area contributed by atoms with Gasteiger partial charge < -0.3 is 9.73 Å². The van der Waals surface area contributed by atoms with Crippen LogP contribution in [0.15, 0.2) is 35.7 Å². The maximum absolute atomic E-state index is 4.81. The topological polar surface area (TPSA) is 25.2 Å². The van der Waals surface area contributed by atoms with E-state index in [-0.39, 0.29) is 0 Å². The predicted octanol–water partition coefficient (Wildman–Crippen LogP) is 1.88. The molecule has 0 bridgehead atoms. The molecule has 0 unspecified atom stereocenters. The maximum Gasteiger partial charge on any atom is 0.113 e. The largest absolute Gasteiger partial charge is 0.470 e. The molecule has 0 saturated carbocycles. The Kier molecular flexibility index (Phi) is 1.96. The van der Waals surface area contributed by atoms with Crippen LogP contribution in [0.3, 0.4) is 0 Å². The van der Waals surface area contributed by atoms with Crippen LogP contribution in [0, 0.1) is 0 Å². The number of hydrogen-bond donors (Lipinski definition) is 1. The minimum atomic E-state index is 0.777. The molecule has 0 atom stereocenters. The zero-order valence-corrected chi connectivity index (χ0v) is 5.13. The molecule has 2 nitrogen and oxygen atoms in total. The molecule has 0 aliphatic carbocycles. The lowest BCUT2D eigenvalue weighted by Crippen LogP contribution is -1.94. The molecule has 0 aliphatic heterocycles. The van der Waals surface area contributed by atoms with Crippen LogP contribution in [0.5, 0.6) is 0 Å². The van der Waals surface area contributed by atoms with Crippen molar-refractivity contribution < 1.29 is 4.42 Å². The number of hydrogen-bond acceptors (Lipinski definition) is 2. The Bertz CT molecular complexity index is 167. The van der Waals surface area contributed by atoms with E-state index in [9.17, 15) is 0 Å². The monoisotopic (exact) mass is 123 g/mol. The molecular weight excluding hydrogens is 114 g/mol. The fraction of sp³-hybridized carbons (Fsp3) is 0.143. The van der Waals surface area contributed by atoms with Crippen LogP contribution < -0.4 is 5.32 Å². The van der Waals surface area contributed by atoms with E-state index >= 15 is 0 Å². The highest BCUT2D eigenvalue weighted by molar-refractivity contribution is 5.39. The molecule has 0 aliphatic rings. The Balaban J connectivity index is 2.38. The lowest BCUT2D eigenvalue weighted by molar-refractivity contribution is 0.568. The third-order valence-corrected chi connectivity index (χ3v) is 0.972. The van der Waals surface area contributed by atoms with E-state index in [1.807, 2.05) is 6.07 Å². The van der Waals surface area contributed by atoms with Crippen molar-refractivity contribution in [3.05, 3.63) is 31.2 Å². The van der Waals surface area contributed by atoms with Gasteiger partial charge in [-0.15, -0.1) is 6.58 Å². The first-order chi connectivity index (χ1) is 4.43. The first-order valence-corrected chi connectivity index (χ1v) is 2.80. The van der Waals surface area contributed by atoms with Crippen molar-refractivity contribution in [2.45, 2.75) is 0 Å². The van der Waals surface area contributed by atoms with E-state index in [1.165, 1.54) is 0 Å². The smallest absolute Gasteiger partial charge is 0.113 e. The van der Waals surface area contributed by atoms with Crippen molar-refractivity contribution in [3.8, 4) is 0 Å². The SMILES string of the molecule is C=CCNc1ccoc1. The van der Waals surface area contributed by atoms with Gasteiger partial charge in [0.1, 0.15) is 6.26 Å². The molecule has 1 aromatic heterocycles. The van der Waals surface area contributed by atoms with Crippen molar-refractivity contribution in [1.82, 2.24) is 0 Å². The molecule has 1 heterocycles. The van der Waals surface area contributed by atoms with Gasteiger partial charge in [0, 0.05) is 6.54 Å². The second kappa shape index (κ2) is 2.97. The quantitative estimate of drug-likeness (QED) is 0.621. The first kappa shape index (κ1) is 5.95. The minimum absolute atomic E-state index is 0.777. The maximum atomic E-state index is 4.81. The van der Waals surface area contributed by atoms with E-state index in [0.717, 1.165) is 12.2 Å². The lowest BCUT2D eigenvalue weighted by atomic mass is 10.5. The van der Waals surface area contributed by atoms with Gasteiger partial charge in [-0.1, -0.05) is 6.08 Å². The molecule has 0 fully saturated rings. The van der Waals surface area contributed by atoms with Crippen LogP contribution in [0.4, 0.5) is 5.69 Å². The van der Waals surface area contributed by atoms with Crippen molar-refractivity contribution in [2.24, 2.45) is 0 Å². The van der Waals surface area contributed by atoms with Crippen molar-refractivity contribution in [2.75, 3.05) is 11.9 Å². The van der Waals surface area contributed by atoms with E-state index < -0.39 is 0 Å². The van der Waals surface area contributed by atoms with Gasteiger partial charge >= 0.3 is 0 Å². The van der Waals surface area contributed by atoms with Gasteiger partial charge in [0.2, 0.25) is 0 Å². The van der Waals surface area contributed by atoms with Crippen LogP contribution in [0.2, 0.25) is 0 Å². The van der Waals surface area contributed by atoms with Crippen LogP contribution >= 0.6 is 0 Å². The van der Waals surface area contributed by atoms with Gasteiger partial charge in [-0.3, -0.25) is 0 Å². The summed E-state index contributed by atoms with van der Waals surface area (Å²) in [5.41, 5.74) is 0.995. The van der Waals surface area contributed by atoms with Gasteiger partial charge in [-0.2, -0.15) is 0 Å². The van der Waals surface area contributed by atoms with Gasteiger partial charge in [0.15, 0.2) is 0 Å². The van der Waals surface area contributed by atoms with Gasteiger partial charge in [0.05, 0.1) is 12.0 Å². The zero-order valence-electron chi connectivity index (χ0n) is 5.13. The highest BCUT2D eigenvalue weighted by Gasteiger charge is 1.86. The number of rotatable bonds is 3. The Morgan fingerprint density at radius 1 is 1.78 bits per heavy atom. The molecular formula is C7H9NO. The summed E-state index contributed by atoms with van der Waals surface area (Å²) in [5.74, 6) is 0. The van der Waals surface area contributed by atoms with E-state index in [1.54, 1.807) is 18.6 Å². The summed E-state index contributed by atoms with van der Waals surface area (Å²) in [7, 11) is 0. The Morgan fingerprint density at radius 2 is 2.67 bits per heavy atom. The van der Waals surface area contributed by atoms with Crippen LogP contribution in [-0.4, -0.2) is 6.54 Å². The number of anilines is 1. The molecule has 0 amide bonds. The summed E-state index contributed by atoms with van der Waals surface area (Å²) in [5, 5.41) is 3.06. The van der Waals surface area contributed by atoms with Gasteiger partial charge in [-0.25, -0.2) is 0 Å². The Morgan fingerprint density at radius 3 is 3.22 bits per heavy atom. The zero-order chi connectivity index (χ0) is 6.53. The van der Waals surface area contributed by atoms with Crippen LogP contribution in [0.25, 0.3) is 0 Å². The summed E-state index contributed by atoms with van der Waals surface area (Å²) in [6, 6.07) is 1.86. The summed E-state index contributed by atoms with van der Waals surface area (Å²) in [6.45, 7) is 4.34.